The summed E-state index contributed by atoms with van der Waals surface area (Å²) in [6.45, 7) is 4.66. The Kier molecular flexibility index (Phi) is 5.37. The minimum atomic E-state index is -0.0505. The molecule has 0 radical (unpaired) electrons. The van der Waals surface area contributed by atoms with E-state index in [1.54, 1.807) is 21.8 Å². The lowest BCUT2D eigenvalue weighted by Crippen LogP contribution is -2.24. The Labute approximate surface area is 168 Å². The molecule has 1 atom stereocenters. The van der Waals surface area contributed by atoms with Crippen LogP contribution in [0.2, 0.25) is 0 Å². The van der Waals surface area contributed by atoms with E-state index in [4.69, 9.17) is 0 Å². The van der Waals surface area contributed by atoms with Crippen LogP contribution in [0.25, 0.3) is 5.65 Å². The summed E-state index contributed by atoms with van der Waals surface area (Å²) >= 11 is 1.73. The molecule has 0 aliphatic rings. The topological polar surface area (TPSA) is 46.4 Å². The molecule has 0 saturated heterocycles. The van der Waals surface area contributed by atoms with Gasteiger partial charge in [0.15, 0.2) is 0 Å². The number of pyridine rings is 1. The maximum Gasteiger partial charge on any atom is 0.258 e. The van der Waals surface area contributed by atoms with Gasteiger partial charge in [0.2, 0.25) is 0 Å². The van der Waals surface area contributed by atoms with E-state index in [1.165, 1.54) is 16.0 Å². The molecule has 4 rings (SSSR count). The molecule has 3 aromatic heterocycles. The van der Waals surface area contributed by atoms with Crippen LogP contribution in [0.3, 0.4) is 0 Å². The second kappa shape index (κ2) is 8.09. The average Bonchev–Trinajstić information content (AvgIpc) is 3.24. The Morgan fingerprint density at radius 3 is 2.68 bits per heavy atom. The summed E-state index contributed by atoms with van der Waals surface area (Å²) in [6.07, 6.45) is 2.85. The van der Waals surface area contributed by atoms with Crippen molar-refractivity contribution in [3.05, 3.63) is 104 Å². The highest BCUT2D eigenvalue weighted by Gasteiger charge is 2.15. The predicted octanol–water partition coefficient (Wildman–Crippen LogP) is 4.51. The van der Waals surface area contributed by atoms with Crippen molar-refractivity contribution in [3.63, 3.8) is 0 Å². The Bertz CT molecular complexity index is 1130. The van der Waals surface area contributed by atoms with E-state index in [9.17, 15) is 4.79 Å². The van der Waals surface area contributed by atoms with Gasteiger partial charge in [-0.3, -0.25) is 14.5 Å². The molecule has 3 heterocycles. The number of nitrogens with one attached hydrogen (secondary N) is 1. The number of benzene rings is 1. The number of hydrogen-bond acceptors (Lipinski definition) is 4. The monoisotopic (exact) mass is 389 g/mol. The lowest BCUT2D eigenvalue weighted by molar-refractivity contribution is 0.603. The highest BCUT2D eigenvalue weighted by atomic mass is 32.1. The lowest BCUT2D eigenvalue weighted by Gasteiger charge is -2.18. The van der Waals surface area contributed by atoms with Crippen LogP contribution < -0.4 is 10.9 Å². The number of hydrogen-bond donors (Lipinski definition) is 1. The first-order valence-electron chi connectivity index (χ1n) is 9.48. The maximum atomic E-state index is 12.5. The first-order valence-corrected chi connectivity index (χ1v) is 10.4. The van der Waals surface area contributed by atoms with E-state index in [-0.39, 0.29) is 11.6 Å². The number of nitrogens with zero attached hydrogens (tertiary/aromatic N) is 2. The first kappa shape index (κ1) is 18.6. The van der Waals surface area contributed by atoms with Crippen molar-refractivity contribution in [2.75, 3.05) is 0 Å². The van der Waals surface area contributed by atoms with Crippen LogP contribution in [0.4, 0.5) is 0 Å². The SMILES string of the molecule is CCc1ccc([C@@H](NCc2cc(=O)n3cc(C)ccc3n2)c2cccs2)cc1. The molecule has 4 aromatic rings. The van der Waals surface area contributed by atoms with Crippen molar-refractivity contribution >= 4 is 17.0 Å². The van der Waals surface area contributed by atoms with E-state index < -0.39 is 0 Å². The number of rotatable bonds is 6. The number of thiophene rings is 1. The molecule has 0 unspecified atom stereocenters. The van der Waals surface area contributed by atoms with Crippen LogP contribution in [0.5, 0.6) is 0 Å². The summed E-state index contributed by atoms with van der Waals surface area (Å²) in [7, 11) is 0. The van der Waals surface area contributed by atoms with Crippen LogP contribution >= 0.6 is 11.3 Å². The molecule has 28 heavy (non-hydrogen) atoms. The van der Waals surface area contributed by atoms with Crippen molar-refractivity contribution in [2.24, 2.45) is 0 Å². The van der Waals surface area contributed by atoms with Crippen LogP contribution in [0, 0.1) is 6.92 Å². The summed E-state index contributed by atoms with van der Waals surface area (Å²) in [6, 6.07) is 18.5. The highest BCUT2D eigenvalue weighted by molar-refractivity contribution is 7.10. The van der Waals surface area contributed by atoms with E-state index in [2.05, 4.69) is 59.0 Å². The number of fused-ring (bicyclic) bond motifs is 1. The second-order valence-corrected chi connectivity index (χ2v) is 7.92. The third kappa shape index (κ3) is 3.91. The fourth-order valence-electron chi connectivity index (χ4n) is 3.34. The lowest BCUT2D eigenvalue weighted by atomic mass is 10.0. The number of aryl methyl sites for hydroxylation is 2. The Hall–Kier alpha value is -2.76. The van der Waals surface area contributed by atoms with Crippen molar-refractivity contribution in [2.45, 2.75) is 32.9 Å². The standard InChI is InChI=1S/C23H23N3OS/c1-3-17-7-9-18(10-8-17)23(20-5-4-12-28-20)24-14-19-13-22(27)26-15-16(2)6-11-21(26)25-19/h4-13,15,23-24H,3,14H2,1-2H3/t23-/m1/s1. The molecule has 0 fully saturated rings. The van der Waals surface area contributed by atoms with Gasteiger partial charge in [0.05, 0.1) is 11.7 Å². The van der Waals surface area contributed by atoms with Crippen molar-refractivity contribution in [1.82, 2.24) is 14.7 Å². The molecule has 0 aliphatic carbocycles. The molecule has 5 heteroatoms. The second-order valence-electron chi connectivity index (χ2n) is 6.94. The molecule has 0 bridgehead atoms. The van der Waals surface area contributed by atoms with E-state index in [0.29, 0.717) is 12.2 Å². The molecular weight excluding hydrogens is 366 g/mol. The molecule has 0 aliphatic heterocycles. The normalized spacial score (nSPS) is 12.4. The fraction of sp³-hybridized carbons (Fsp3) is 0.217. The van der Waals surface area contributed by atoms with Gasteiger partial charge in [0.1, 0.15) is 5.65 Å². The molecule has 0 saturated carbocycles. The van der Waals surface area contributed by atoms with Gasteiger partial charge < -0.3 is 0 Å². The largest absolute Gasteiger partial charge is 0.300 e. The molecule has 0 amide bonds. The third-order valence-electron chi connectivity index (χ3n) is 4.90. The average molecular weight is 390 g/mol. The molecule has 0 spiro atoms. The summed E-state index contributed by atoms with van der Waals surface area (Å²) in [5.74, 6) is 0. The van der Waals surface area contributed by atoms with Crippen molar-refractivity contribution in [1.29, 1.82) is 0 Å². The zero-order valence-electron chi connectivity index (χ0n) is 16.1. The zero-order chi connectivity index (χ0) is 19.5. The van der Waals surface area contributed by atoms with Gasteiger partial charge in [-0.2, -0.15) is 0 Å². The molecule has 142 valence electrons. The third-order valence-corrected chi connectivity index (χ3v) is 5.83. The van der Waals surface area contributed by atoms with Crippen LogP contribution in [0.15, 0.2) is 71.0 Å². The highest BCUT2D eigenvalue weighted by Crippen LogP contribution is 2.26. The summed E-state index contributed by atoms with van der Waals surface area (Å²) < 4.78 is 1.60. The van der Waals surface area contributed by atoms with Crippen molar-refractivity contribution < 1.29 is 0 Å². The molecule has 1 N–H and O–H groups in total. The van der Waals surface area contributed by atoms with Gasteiger partial charge in [-0.15, -0.1) is 11.3 Å². The van der Waals surface area contributed by atoms with Gasteiger partial charge in [-0.05, 0) is 47.5 Å². The van der Waals surface area contributed by atoms with Crippen LogP contribution in [0.1, 0.15) is 40.2 Å². The maximum absolute atomic E-state index is 12.5. The van der Waals surface area contributed by atoms with E-state index in [0.717, 1.165) is 17.7 Å². The zero-order valence-corrected chi connectivity index (χ0v) is 16.9. The van der Waals surface area contributed by atoms with Gasteiger partial charge >= 0.3 is 0 Å². The Balaban J connectivity index is 1.62. The summed E-state index contributed by atoms with van der Waals surface area (Å²) in [5.41, 5.74) is 4.96. The molecule has 1 aromatic carbocycles. The predicted molar refractivity (Wildman–Crippen MR) is 115 cm³/mol. The summed E-state index contributed by atoms with van der Waals surface area (Å²) in [4.78, 5) is 18.4. The van der Waals surface area contributed by atoms with Gasteiger partial charge in [0, 0.05) is 23.7 Å². The van der Waals surface area contributed by atoms with Crippen molar-refractivity contribution in [3.8, 4) is 0 Å². The van der Waals surface area contributed by atoms with Crippen LogP contribution in [-0.4, -0.2) is 9.38 Å². The van der Waals surface area contributed by atoms with E-state index in [1.807, 2.05) is 25.3 Å². The quantitative estimate of drug-likeness (QED) is 0.528. The molecular formula is C23H23N3OS. The van der Waals surface area contributed by atoms with Crippen LogP contribution in [-0.2, 0) is 13.0 Å². The van der Waals surface area contributed by atoms with Gasteiger partial charge in [-0.1, -0.05) is 43.3 Å². The smallest absolute Gasteiger partial charge is 0.258 e. The summed E-state index contributed by atoms with van der Waals surface area (Å²) in [5, 5.41) is 5.69. The number of aromatic nitrogens is 2. The Morgan fingerprint density at radius 1 is 1.14 bits per heavy atom. The first-order chi connectivity index (χ1) is 13.6. The molecule has 4 nitrogen and oxygen atoms in total. The van der Waals surface area contributed by atoms with Gasteiger partial charge in [-0.25, -0.2) is 4.98 Å². The minimum absolute atomic E-state index is 0.0505. The van der Waals surface area contributed by atoms with Gasteiger partial charge in [0.25, 0.3) is 5.56 Å². The minimum Gasteiger partial charge on any atom is -0.300 e. The fourth-order valence-corrected chi connectivity index (χ4v) is 4.17. The van der Waals surface area contributed by atoms with E-state index >= 15 is 0 Å². The Morgan fingerprint density at radius 2 is 1.96 bits per heavy atom.